The van der Waals surface area contributed by atoms with Crippen LogP contribution in [0.25, 0.3) is 0 Å². The zero-order chi connectivity index (χ0) is 20.0. The Morgan fingerprint density at radius 3 is 2.45 bits per heavy atom. The van der Waals surface area contributed by atoms with Crippen LogP contribution in [0.15, 0.2) is 33.6 Å². The fraction of sp³-hybridized carbons (Fsp3) is 0.636. The monoisotopic (exact) mass is 415 g/mol. The van der Waals surface area contributed by atoms with Gasteiger partial charge in [0.1, 0.15) is 4.90 Å². The van der Waals surface area contributed by atoms with Gasteiger partial charge in [-0.1, -0.05) is 31.4 Å². The highest BCUT2D eigenvalue weighted by molar-refractivity contribution is 7.90. The van der Waals surface area contributed by atoms with Crippen molar-refractivity contribution in [2.24, 2.45) is 22.2 Å². The minimum atomic E-state index is -3.59. The number of carbonyl (C=O) groups is 1. The lowest BCUT2D eigenvalue weighted by molar-refractivity contribution is -0.140. The van der Waals surface area contributed by atoms with E-state index >= 15 is 0 Å². The summed E-state index contributed by atoms with van der Waals surface area (Å²) in [5.74, 6) is 2.46. The van der Waals surface area contributed by atoms with Crippen molar-refractivity contribution in [2.45, 2.75) is 49.8 Å². The molecule has 5 rings (SSSR count). The lowest BCUT2D eigenvalue weighted by Crippen LogP contribution is -2.49. The predicted octanol–water partition coefficient (Wildman–Crippen LogP) is 2.89. The summed E-state index contributed by atoms with van der Waals surface area (Å²) in [6, 6.07) is 7.02. The molecule has 2 saturated heterocycles. The maximum absolute atomic E-state index is 13.1. The molecule has 1 aromatic carbocycles. The van der Waals surface area contributed by atoms with Crippen molar-refractivity contribution in [1.29, 1.82) is 0 Å². The molecule has 1 aliphatic carbocycles. The molecule has 2 atom stereocenters. The van der Waals surface area contributed by atoms with Gasteiger partial charge < -0.3 is 9.80 Å². The molecule has 6 nitrogen and oxygen atoms in total. The molecule has 29 heavy (non-hydrogen) atoms. The SMILES string of the molecule is O=C(C1CCN(C2=NS(=O)(=O)c3ccccc32)CC1)N1CC[C@@H]2CCCC[C@@H]2C1. The van der Waals surface area contributed by atoms with E-state index in [1.807, 2.05) is 17.0 Å². The Hall–Kier alpha value is -1.89. The van der Waals surface area contributed by atoms with Crippen molar-refractivity contribution < 1.29 is 13.2 Å². The smallest absolute Gasteiger partial charge is 0.285 e. The zero-order valence-electron chi connectivity index (χ0n) is 16.8. The first-order valence-corrected chi connectivity index (χ1v) is 12.4. The summed E-state index contributed by atoms with van der Waals surface area (Å²) in [6.07, 6.45) is 8.00. The van der Waals surface area contributed by atoms with Gasteiger partial charge in [-0.3, -0.25) is 4.79 Å². The lowest BCUT2D eigenvalue weighted by atomic mass is 9.75. The summed E-state index contributed by atoms with van der Waals surface area (Å²) in [5, 5.41) is 0. The van der Waals surface area contributed by atoms with Gasteiger partial charge in [0.05, 0.1) is 0 Å². The minimum absolute atomic E-state index is 0.0558. The van der Waals surface area contributed by atoms with Crippen molar-refractivity contribution in [3.63, 3.8) is 0 Å². The van der Waals surface area contributed by atoms with E-state index in [0.29, 0.717) is 41.2 Å². The summed E-state index contributed by atoms with van der Waals surface area (Å²) >= 11 is 0. The number of amidine groups is 1. The quantitative estimate of drug-likeness (QED) is 0.707. The number of amides is 1. The standard InChI is InChI=1S/C22H29N3O3S/c26-22(25-14-9-16-5-1-2-6-18(16)15-25)17-10-12-24(13-11-17)21-19-7-3-4-8-20(19)29(27,28)23-21/h3-4,7-8,16-18H,1-2,5-6,9-15H2/t16-,18+/m0/s1. The average molecular weight is 416 g/mol. The number of hydrogen-bond donors (Lipinski definition) is 0. The van der Waals surface area contributed by atoms with E-state index < -0.39 is 10.0 Å². The van der Waals surface area contributed by atoms with Crippen LogP contribution in [0, 0.1) is 17.8 Å². The van der Waals surface area contributed by atoms with Crippen LogP contribution in [-0.2, 0) is 14.8 Å². The van der Waals surface area contributed by atoms with Crippen LogP contribution in [-0.4, -0.2) is 56.1 Å². The number of benzene rings is 1. The van der Waals surface area contributed by atoms with E-state index in [1.165, 1.54) is 32.1 Å². The van der Waals surface area contributed by atoms with E-state index in [1.54, 1.807) is 12.1 Å². The first-order valence-electron chi connectivity index (χ1n) is 11.0. The molecular weight excluding hydrogens is 386 g/mol. The molecular formula is C22H29N3O3S. The maximum Gasteiger partial charge on any atom is 0.285 e. The van der Waals surface area contributed by atoms with Crippen molar-refractivity contribution >= 4 is 21.8 Å². The van der Waals surface area contributed by atoms with Crippen LogP contribution in [0.2, 0.25) is 0 Å². The van der Waals surface area contributed by atoms with Crippen molar-refractivity contribution in [2.75, 3.05) is 26.2 Å². The third-order valence-electron chi connectivity index (χ3n) is 7.36. The Kier molecular flexibility index (Phi) is 4.88. The van der Waals surface area contributed by atoms with Gasteiger partial charge in [-0.2, -0.15) is 8.42 Å². The second-order valence-corrected chi connectivity index (χ2v) is 10.6. The van der Waals surface area contributed by atoms with Crippen molar-refractivity contribution in [3.8, 4) is 0 Å². The van der Waals surface area contributed by atoms with Crippen molar-refractivity contribution in [1.82, 2.24) is 9.80 Å². The number of carbonyl (C=O) groups excluding carboxylic acids is 1. The highest BCUT2D eigenvalue weighted by Gasteiger charge is 2.38. The fourth-order valence-corrected chi connectivity index (χ4v) is 6.94. The van der Waals surface area contributed by atoms with E-state index in [0.717, 1.165) is 31.8 Å². The minimum Gasteiger partial charge on any atom is -0.355 e. The second kappa shape index (κ2) is 7.42. The molecule has 0 bridgehead atoms. The van der Waals surface area contributed by atoms with Crippen LogP contribution < -0.4 is 0 Å². The topological polar surface area (TPSA) is 70.0 Å². The lowest BCUT2D eigenvalue weighted by Gasteiger charge is -2.43. The molecule has 0 unspecified atom stereocenters. The first-order chi connectivity index (χ1) is 14.0. The Bertz CT molecular complexity index is 934. The highest BCUT2D eigenvalue weighted by atomic mass is 32.2. The van der Waals surface area contributed by atoms with Gasteiger partial charge in [0, 0.05) is 37.7 Å². The number of nitrogens with zero attached hydrogens (tertiary/aromatic N) is 3. The number of likely N-dealkylation sites (tertiary alicyclic amines) is 2. The molecule has 156 valence electrons. The largest absolute Gasteiger partial charge is 0.355 e. The summed E-state index contributed by atoms with van der Waals surface area (Å²) in [6.45, 7) is 3.22. The molecule has 0 spiro atoms. The molecule has 3 fully saturated rings. The summed E-state index contributed by atoms with van der Waals surface area (Å²) in [4.78, 5) is 17.6. The summed E-state index contributed by atoms with van der Waals surface area (Å²) in [7, 11) is -3.59. The van der Waals surface area contributed by atoms with E-state index in [9.17, 15) is 13.2 Å². The van der Waals surface area contributed by atoms with Crippen LogP contribution >= 0.6 is 0 Å². The van der Waals surface area contributed by atoms with Gasteiger partial charge in [-0.25, -0.2) is 0 Å². The van der Waals surface area contributed by atoms with Crippen LogP contribution in [0.3, 0.4) is 0 Å². The molecule has 0 aromatic heterocycles. The van der Waals surface area contributed by atoms with Crippen molar-refractivity contribution in [3.05, 3.63) is 29.8 Å². The molecule has 0 radical (unpaired) electrons. The normalized spacial score (nSPS) is 29.2. The molecule has 7 heteroatoms. The number of hydrogen-bond acceptors (Lipinski definition) is 4. The van der Waals surface area contributed by atoms with Crippen LogP contribution in [0.5, 0.6) is 0 Å². The Morgan fingerprint density at radius 2 is 1.66 bits per heavy atom. The molecule has 1 aromatic rings. The van der Waals surface area contributed by atoms with Gasteiger partial charge in [0.2, 0.25) is 5.91 Å². The third kappa shape index (κ3) is 3.47. The molecule has 1 saturated carbocycles. The van der Waals surface area contributed by atoms with Gasteiger partial charge >= 0.3 is 0 Å². The molecule has 4 aliphatic rings. The number of sulfonamides is 1. The summed E-state index contributed by atoms with van der Waals surface area (Å²) < 4.78 is 28.7. The molecule has 0 N–H and O–H groups in total. The molecule has 1 amide bonds. The molecule has 3 heterocycles. The van der Waals surface area contributed by atoms with Gasteiger partial charge in [0.25, 0.3) is 10.0 Å². The molecule has 3 aliphatic heterocycles. The predicted molar refractivity (Wildman–Crippen MR) is 111 cm³/mol. The Balaban J connectivity index is 1.23. The van der Waals surface area contributed by atoms with Gasteiger partial charge in [-0.15, -0.1) is 4.40 Å². The Labute approximate surface area is 173 Å². The zero-order valence-corrected chi connectivity index (χ0v) is 17.6. The number of rotatable bonds is 1. The van der Waals surface area contributed by atoms with Crippen LogP contribution in [0.4, 0.5) is 0 Å². The van der Waals surface area contributed by atoms with E-state index in [-0.39, 0.29) is 5.92 Å². The Morgan fingerprint density at radius 1 is 0.931 bits per heavy atom. The van der Waals surface area contributed by atoms with Crippen LogP contribution in [0.1, 0.15) is 50.5 Å². The van der Waals surface area contributed by atoms with Gasteiger partial charge in [-0.05, 0) is 49.7 Å². The number of piperidine rings is 2. The third-order valence-corrected chi connectivity index (χ3v) is 8.68. The summed E-state index contributed by atoms with van der Waals surface area (Å²) in [5.41, 5.74) is 0.691. The van der Waals surface area contributed by atoms with Gasteiger partial charge in [0.15, 0.2) is 5.84 Å². The maximum atomic E-state index is 13.1. The number of fused-ring (bicyclic) bond motifs is 2. The van der Waals surface area contributed by atoms with E-state index in [4.69, 9.17) is 0 Å². The highest BCUT2D eigenvalue weighted by Crippen LogP contribution is 2.37. The van der Waals surface area contributed by atoms with E-state index in [2.05, 4.69) is 9.30 Å². The average Bonchev–Trinajstić information content (AvgIpc) is 3.04. The second-order valence-electron chi connectivity index (χ2n) is 9.02. The first kappa shape index (κ1) is 19.1. The fourth-order valence-electron chi connectivity index (χ4n) is 5.71.